The summed E-state index contributed by atoms with van der Waals surface area (Å²) in [6.07, 6.45) is 1.86. The van der Waals surface area contributed by atoms with Gasteiger partial charge in [0, 0.05) is 35.1 Å². The molecule has 0 N–H and O–H groups in total. The van der Waals surface area contributed by atoms with E-state index in [4.69, 9.17) is 9.73 Å². The van der Waals surface area contributed by atoms with Crippen LogP contribution in [0.4, 0.5) is 0 Å². The van der Waals surface area contributed by atoms with Gasteiger partial charge in [0.25, 0.3) is 0 Å². The second kappa shape index (κ2) is 7.26. The van der Waals surface area contributed by atoms with Crippen LogP contribution in [0, 0.1) is 6.92 Å². The minimum absolute atomic E-state index is 0.00232. The van der Waals surface area contributed by atoms with Crippen LogP contribution >= 0.6 is 11.8 Å². The van der Waals surface area contributed by atoms with E-state index >= 15 is 0 Å². The fourth-order valence-corrected chi connectivity index (χ4v) is 5.40. The van der Waals surface area contributed by atoms with Crippen molar-refractivity contribution in [3.63, 3.8) is 0 Å². The Morgan fingerprint density at radius 1 is 1.07 bits per heavy atom. The SMILES string of the molecule is COc1ccc(-n2c(C)ccc2[C@@H]2[C@H](c3ccccn3)N=C3S[C@@H](C)CN32)cc1. The van der Waals surface area contributed by atoms with Crippen LogP contribution in [0.3, 0.4) is 0 Å². The quantitative estimate of drug-likeness (QED) is 0.628. The van der Waals surface area contributed by atoms with Crippen LogP contribution in [0.5, 0.6) is 5.75 Å². The van der Waals surface area contributed by atoms with Crippen molar-refractivity contribution in [2.45, 2.75) is 31.2 Å². The third kappa shape index (κ3) is 3.12. The molecule has 1 fully saturated rings. The molecule has 2 aliphatic rings. The number of aryl methyl sites for hydroxylation is 1. The summed E-state index contributed by atoms with van der Waals surface area (Å²) in [4.78, 5) is 12.2. The van der Waals surface area contributed by atoms with Crippen molar-refractivity contribution in [3.8, 4) is 11.4 Å². The minimum atomic E-state index is -0.00232. The van der Waals surface area contributed by atoms with Crippen molar-refractivity contribution in [2.75, 3.05) is 13.7 Å². The lowest BCUT2D eigenvalue weighted by Gasteiger charge is -2.28. The number of fused-ring (bicyclic) bond motifs is 1. The number of amidine groups is 1. The number of hydrogen-bond donors (Lipinski definition) is 0. The Labute approximate surface area is 175 Å². The Morgan fingerprint density at radius 3 is 2.62 bits per heavy atom. The molecule has 0 bridgehead atoms. The van der Waals surface area contributed by atoms with Crippen LogP contribution in [-0.4, -0.2) is 38.5 Å². The topological polar surface area (TPSA) is 42.6 Å². The average molecular weight is 405 g/mol. The molecule has 3 aromatic rings. The first-order valence-corrected chi connectivity index (χ1v) is 10.8. The lowest BCUT2D eigenvalue weighted by atomic mass is 10.0. The molecule has 3 atom stereocenters. The van der Waals surface area contributed by atoms with Gasteiger partial charge >= 0.3 is 0 Å². The maximum atomic E-state index is 5.34. The zero-order valence-electron chi connectivity index (χ0n) is 16.8. The number of methoxy groups -OCH3 is 1. The molecule has 1 saturated heterocycles. The van der Waals surface area contributed by atoms with Crippen molar-refractivity contribution >= 4 is 16.9 Å². The van der Waals surface area contributed by atoms with Gasteiger partial charge in [0.05, 0.1) is 18.8 Å². The zero-order valence-corrected chi connectivity index (χ0v) is 17.6. The maximum absolute atomic E-state index is 5.34. The fraction of sp³-hybridized carbons (Fsp3) is 0.304. The molecule has 0 amide bonds. The Kier molecular flexibility index (Phi) is 4.59. The molecule has 29 heavy (non-hydrogen) atoms. The highest BCUT2D eigenvalue weighted by atomic mass is 32.2. The molecular formula is C23H24N4OS. The van der Waals surface area contributed by atoms with E-state index in [1.807, 2.05) is 42.2 Å². The van der Waals surface area contributed by atoms with Gasteiger partial charge in [-0.25, -0.2) is 0 Å². The Hall–Kier alpha value is -2.73. The Morgan fingerprint density at radius 2 is 1.90 bits per heavy atom. The van der Waals surface area contributed by atoms with Crippen LogP contribution in [0.25, 0.3) is 5.69 Å². The molecule has 2 aromatic heterocycles. The predicted octanol–water partition coefficient (Wildman–Crippen LogP) is 4.78. The third-order valence-corrected chi connectivity index (χ3v) is 6.72. The van der Waals surface area contributed by atoms with Crippen LogP contribution in [0.15, 0.2) is 65.8 Å². The molecular weight excluding hydrogens is 380 g/mol. The van der Waals surface area contributed by atoms with Crippen molar-refractivity contribution in [1.82, 2.24) is 14.5 Å². The summed E-state index contributed by atoms with van der Waals surface area (Å²) >= 11 is 1.87. The number of aromatic nitrogens is 2. The number of rotatable bonds is 4. The van der Waals surface area contributed by atoms with Gasteiger partial charge in [-0.1, -0.05) is 24.8 Å². The summed E-state index contributed by atoms with van der Waals surface area (Å²) < 4.78 is 7.68. The molecule has 1 aromatic carbocycles. The summed E-state index contributed by atoms with van der Waals surface area (Å²) in [5.41, 5.74) is 4.61. The highest BCUT2D eigenvalue weighted by Gasteiger charge is 2.44. The monoisotopic (exact) mass is 404 g/mol. The molecule has 148 valence electrons. The number of ether oxygens (including phenoxy) is 1. The third-order valence-electron chi connectivity index (χ3n) is 5.62. The first kappa shape index (κ1) is 18.3. The van der Waals surface area contributed by atoms with Crippen LogP contribution < -0.4 is 4.74 Å². The second-order valence-electron chi connectivity index (χ2n) is 7.57. The largest absolute Gasteiger partial charge is 0.497 e. The van der Waals surface area contributed by atoms with Crippen LogP contribution in [0.1, 0.15) is 36.1 Å². The number of hydrogen-bond acceptors (Lipinski definition) is 5. The standard InChI is InChI=1S/C23H24N4OS/c1-15-7-12-20(27(15)17-8-10-18(28-3)11-9-17)22-21(19-6-4-5-13-24-19)25-23-26(22)14-16(2)29-23/h4-13,16,21-22H,14H2,1-3H3/t16-,21-,22+/m0/s1. The predicted molar refractivity (Wildman–Crippen MR) is 118 cm³/mol. The molecule has 0 saturated carbocycles. The van der Waals surface area contributed by atoms with Crippen LogP contribution in [0.2, 0.25) is 0 Å². The molecule has 6 heteroatoms. The van der Waals surface area contributed by atoms with Gasteiger partial charge in [-0.05, 0) is 55.5 Å². The highest BCUT2D eigenvalue weighted by molar-refractivity contribution is 8.14. The second-order valence-corrected chi connectivity index (χ2v) is 8.98. The Balaban J connectivity index is 1.62. The molecule has 2 aliphatic heterocycles. The van der Waals surface area contributed by atoms with Gasteiger partial charge in [-0.15, -0.1) is 0 Å². The van der Waals surface area contributed by atoms with E-state index in [0.717, 1.165) is 28.8 Å². The van der Waals surface area contributed by atoms with E-state index in [1.165, 1.54) is 11.4 Å². The van der Waals surface area contributed by atoms with Crippen molar-refractivity contribution in [3.05, 3.63) is 77.9 Å². The van der Waals surface area contributed by atoms with Gasteiger partial charge in [0.15, 0.2) is 5.17 Å². The normalized spacial score (nSPS) is 23.2. The number of aliphatic imine (C=N–C) groups is 1. The number of nitrogens with zero attached hydrogens (tertiary/aromatic N) is 4. The van der Waals surface area contributed by atoms with E-state index < -0.39 is 0 Å². The number of thioether (sulfide) groups is 1. The van der Waals surface area contributed by atoms with E-state index in [1.54, 1.807) is 7.11 Å². The zero-order chi connectivity index (χ0) is 20.0. The average Bonchev–Trinajstić information content (AvgIpc) is 3.40. The van der Waals surface area contributed by atoms with E-state index in [-0.39, 0.29) is 12.1 Å². The summed E-state index contributed by atoms with van der Waals surface area (Å²) in [5, 5.41) is 1.68. The van der Waals surface area contributed by atoms with Gasteiger partial charge < -0.3 is 14.2 Å². The molecule has 0 radical (unpaired) electrons. The first-order valence-electron chi connectivity index (χ1n) is 9.90. The van der Waals surface area contributed by atoms with Gasteiger partial charge in [0.1, 0.15) is 11.8 Å². The van der Waals surface area contributed by atoms with Gasteiger partial charge in [-0.2, -0.15) is 0 Å². The molecule has 5 nitrogen and oxygen atoms in total. The highest BCUT2D eigenvalue weighted by Crippen LogP contribution is 2.48. The maximum Gasteiger partial charge on any atom is 0.160 e. The molecule has 4 heterocycles. The van der Waals surface area contributed by atoms with Crippen molar-refractivity contribution in [1.29, 1.82) is 0 Å². The van der Waals surface area contributed by atoms with Crippen LogP contribution in [-0.2, 0) is 0 Å². The summed E-state index contributed by atoms with van der Waals surface area (Å²) in [6.45, 7) is 5.43. The minimum Gasteiger partial charge on any atom is -0.497 e. The molecule has 0 spiro atoms. The molecule has 0 unspecified atom stereocenters. The number of pyridine rings is 1. The molecule has 5 rings (SSSR count). The molecule has 0 aliphatic carbocycles. The van der Waals surface area contributed by atoms with Gasteiger partial charge in [-0.3, -0.25) is 9.98 Å². The summed E-state index contributed by atoms with van der Waals surface area (Å²) in [6, 6.07) is 18.9. The lowest BCUT2D eigenvalue weighted by molar-refractivity contribution is 0.312. The smallest absolute Gasteiger partial charge is 0.160 e. The van der Waals surface area contributed by atoms with Gasteiger partial charge in [0.2, 0.25) is 0 Å². The van der Waals surface area contributed by atoms with Crippen molar-refractivity contribution in [2.24, 2.45) is 4.99 Å². The summed E-state index contributed by atoms with van der Waals surface area (Å²) in [5.74, 6) is 0.864. The lowest BCUT2D eigenvalue weighted by Crippen LogP contribution is -2.30. The van der Waals surface area contributed by atoms with E-state index in [0.29, 0.717) is 5.25 Å². The number of benzene rings is 1. The first-order chi connectivity index (χ1) is 14.2. The van der Waals surface area contributed by atoms with E-state index in [2.05, 4.69) is 58.6 Å². The van der Waals surface area contributed by atoms with Crippen molar-refractivity contribution < 1.29 is 4.74 Å². The summed E-state index contributed by atoms with van der Waals surface area (Å²) in [7, 11) is 1.70. The Bertz CT molecular complexity index is 1040. The fourth-order valence-electron chi connectivity index (χ4n) is 4.31. The van der Waals surface area contributed by atoms with E-state index in [9.17, 15) is 0 Å².